The summed E-state index contributed by atoms with van der Waals surface area (Å²) in [6, 6.07) is 0. The molecule has 0 unspecified atom stereocenters. The van der Waals surface area contributed by atoms with Gasteiger partial charge in [-0.2, -0.15) is 5.10 Å². The summed E-state index contributed by atoms with van der Waals surface area (Å²) in [6.07, 6.45) is 4.14. The first-order chi connectivity index (χ1) is 7.75. The van der Waals surface area contributed by atoms with Gasteiger partial charge in [-0.05, 0) is 13.3 Å². The molecular formula is C11H17N3O2. The minimum absolute atomic E-state index is 0.126. The van der Waals surface area contributed by atoms with E-state index in [4.69, 9.17) is 4.74 Å². The lowest BCUT2D eigenvalue weighted by Gasteiger charge is -2.04. The number of amides is 1. The van der Waals surface area contributed by atoms with Crippen LogP contribution in [0.3, 0.4) is 0 Å². The molecule has 0 saturated heterocycles. The second-order valence-electron chi connectivity index (χ2n) is 3.35. The zero-order valence-electron chi connectivity index (χ0n) is 9.45. The molecule has 88 valence electrons. The van der Waals surface area contributed by atoms with Crippen molar-refractivity contribution in [3.63, 3.8) is 0 Å². The molecule has 0 aliphatic carbocycles. The van der Waals surface area contributed by atoms with Gasteiger partial charge >= 0.3 is 0 Å². The molecular weight excluding hydrogens is 206 g/mol. The Kier molecular flexibility index (Phi) is 5.28. The maximum Gasteiger partial charge on any atom is 0.254 e. The van der Waals surface area contributed by atoms with Crippen molar-refractivity contribution < 1.29 is 9.53 Å². The van der Waals surface area contributed by atoms with Gasteiger partial charge in [-0.1, -0.05) is 6.08 Å². The number of ether oxygens (including phenoxy) is 1. The number of aromatic nitrogens is 2. The number of H-pyrrole nitrogens is 1. The zero-order chi connectivity index (χ0) is 11.8. The normalized spacial score (nSPS) is 10.1. The number of nitrogens with zero attached hydrogens (tertiary/aromatic N) is 1. The molecule has 0 atom stereocenters. The average molecular weight is 223 g/mol. The first-order valence-electron chi connectivity index (χ1n) is 5.22. The van der Waals surface area contributed by atoms with Gasteiger partial charge in [0.05, 0.1) is 25.0 Å². The van der Waals surface area contributed by atoms with Crippen molar-refractivity contribution in [2.75, 3.05) is 19.8 Å². The van der Waals surface area contributed by atoms with Crippen LogP contribution in [0.25, 0.3) is 0 Å². The molecule has 1 aromatic rings. The van der Waals surface area contributed by atoms with Crippen LogP contribution in [-0.2, 0) is 4.74 Å². The largest absolute Gasteiger partial charge is 0.379 e. The van der Waals surface area contributed by atoms with Crippen molar-refractivity contribution >= 4 is 5.91 Å². The lowest BCUT2D eigenvalue weighted by atomic mass is 10.2. The van der Waals surface area contributed by atoms with Crippen molar-refractivity contribution in [3.8, 4) is 0 Å². The Labute approximate surface area is 94.9 Å². The summed E-state index contributed by atoms with van der Waals surface area (Å²) >= 11 is 0. The van der Waals surface area contributed by atoms with Crippen molar-refractivity contribution in [3.05, 3.63) is 30.1 Å². The Bertz CT molecular complexity index is 347. The van der Waals surface area contributed by atoms with Crippen LogP contribution in [0.15, 0.2) is 18.9 Å². The SMILES string of the molecule is C=CCCOCCNC(=O)c1cn[nH]c1C. The Morgan fingerprint density at radius 2 is 2.50 bits per heavy atom. The summed E-state index contributed by atoms with van der Waals surface area (Å²) in [4.78, 5) is 11.6. The summed E-state index contributed by atoms with van der Waals surface area (Å²) in [5, 5.41) is 9.25. The van der Waals surface area contributed by atoms with E-state index in [-0.39, 0.29) is 5.91 Å². The first kappa shape index (κ1) is 12.4. The van der Waals surface area contributed by atoms with Crippen LogP contribution in [-0.4, -0.2) is 35.9 Å². The third-order valence-electron chi connectivity index (χ3n) is 2.07. The summed E-state index contributed by atoms with van der Waals surface area (Å²) < 4.78 is 5.26. The molecule has 0 spiro atoms. The van der Waals surface area contributed by atoms with E-state index < -0.39 is 0 Å². The molecule has 2 N–H and O–H groups in total. The van der Waals surface area contributed by atoms with E-state index in [1.165, 1.54) is 6.20 Å². The smallest absolute Gasteiger partial charge is 0.254 e. The van der Waals surface area contributed by atoms with Crippen LogP contribution >= 0.6 is 0 Å². The number of nitrogens with one attached hydrogen (secondary N) is 2. The quantitative estimate of drug-likeness (QED) is 0.536. The number of hydrogen-bond acceptors (Lipinski definition) is 3. The topological polar surface area (TPSA) is 67.0 Å². The minimum atomic E-state index is -0.126. The minimum Gasteiger partial charge on any atom is -0.379 e. The third-order valence-corrected chi connectivity index (χ3v) is 2.07. The van der Waals surface area contributed by atoms with E-state index >= 15 is 0 Å². The predicted molar refractivity (Wildman–Crippen MR) is 61.3 cm³/mol. The molecule has 1 heterocycles. The molecule has 0 fully saturated rings. The predicted octanol–water partition coefficient (Wildman–Crippen LogP) is 1.04. The van der Waals surface area contributed by atoms with E-state index in [0.29, 0.717) is 25.3 Å². The number of rotatable bonds is 7. The molecule has 1 rings (SSSR count). The average Bonchev–Trinajstić information content (AvgIpc) is 2.69. The number of aryl methyl sites for hydroxylation is 1. The van der Waals surface area contributed by atoms with Gasteiger partial charge in [-0.3, -0.25) is 9.89 Å². The maximum absolute atomic E-state index is 11.6. The molecule has 1 amide bonds. The maximum atomic E-state index is 11.6. The van der Waals surface area contributed by atoms with Crippen LogP contribution in [0.5, 0.6) is 0 Å². The number of carbonyl (C=O) groups is 1. The Morgan fingerprint density at radius 1 is 1.69 bits per heavy atom. The molecule has 0 radical (unpaired) electrons. The van der Waals surface area contributed by atoms with Crippen molar-refractivity contribution in [2.45, 2.75) is 13.3 Å². The van der Waals surface area contributed by atoms with Gasteiger partial charge in [0.2, 0.25) is 0 Å². The van der Waals surface area contributed by atoms with Crippen LogP contribution in [0.4, 0.5) is 0 Å². The lowest BCUT2D eigenvalue weighted by Crippen LogP contribution is -2.27. The third kappa shape index (κ3) is 3.86. The highest BCUT2D eigenvalue weighted by Gasteiger charge is 2.09. The van der Waals surface area contributed by atoms with Gasteiger partial charge in [0.25, 0.3) is 5.91 Å². The highest BCUT2D eigenvalue weighted by atomic mass is 16.5. The molecule has 0 bridgehead atoms. The number of aromatic amines is 1. The standard InChI is InChI=1S/C11H17N3O2/c1-3-4-6-16-7-5-12-11(15)10-8-13-14-9(10)2/h3,8H,1,4-7H2,2H3,(H,12,15)(H,13,14). The fraction of sp³-hybridized carbons (Fsp3) is 0.455. The van der Waals surface area contributed by atoms with Gasteiger partial charge in [-0.25, -0.2) is 0 Å². The van der Waals surface area contributed by atoms with E-state index in [0.717, 1.165) is 12.1 Å². The van der Waals surface area contributed by atoms with Crippen LogP contribution < -0.4 is 5.32 Å². The van der Waals surface area contributed by atoms with E-state index in [2.05, 4.69) is 22.1 Å². The highest BCUT2D eigenvalue weighted by molar-refractivity contribution is 5.94. The molecule has 0 aliphatic rings. The second-order valence-corrected chi connectivity index (χ2v) is 3.35. The van der Waals surface area contributed by atoms with Crippen LogP contribution in [0.1, 0.15) is 22.5 Å². The summed E-state index contributed by atoms with van der Waals surface area (Å²) in [6.45, 7) is 7.05. The molecule has 5 heteroatoms. The summed E-state index contributed by atoms with van der Waals surface area (Å²) in [7, 11) is 0. The molecule has 1 aromatic heterocycles. The van der Waals surface area contributed by atoms with E-state index in [1.807, 2.05) is 6.92 Å². The molecule has 16 heavy (non-hydrogen) atoms. The van der Waals surface area contributed by atoms with Crippen LogP contribution in [0, 0.1) is 6.92 Å². The van der Waals surface area contributed by atoms with Gasteiger partial charge < -0.3 is 10.1 Å². The van der Waals surface area contributed by atoms with Gasteiger partial charge in [0, 0.05) is 12.2 Å². The molecule has 5 nitrogen and oxygen atoms in total. The highest BCUT2D eigenvalue weighted by Crippen LogP contribution is 2.01. The van der Waals surface area contributed by atoms with E-state index in [9.17, 15) is 4.79 Å². The number of carbonyl (C=O) groups excluding carboxylic acids is 1. The Hall–Kier alpha value is -1.62. The Balaban J connectivity index is 2.16. The van der Waals surface area contributed by atoms with Gasteiger partial charge in [0.1, 0.15) is 0 Å². The summed E-state index contributed by atoms with van der Waals surface area (Å²) in [5.74, 6) is -0.126. The molecule has 0 aliphatic heterocycles. The van der Waals surface area contributed by atoms with Gasteiger partial charge in [-0.15, -0.1) is 6.58 Å². The number of hydrogen-bond donors (Lipinski definition) is 2. The Morgan fingerprint density at radius 3 is 3.12 bits per heavy atom. The monoisotopic (exact) mass is 223 g/mol. The lowest BCUT2D eigenvalue weighted by molar-refractivity contribution is 0.0917. The second kappa shape index (κ2) is 6.79. The first-order valence-corrected chi connectivity index (χ1v) is 5.22. The van der Waals surface area contributed by atoms with E-state index in [1.54, 1.807) is 6.08 Å². The summed E-state index contributed by atoms with van der Waals surface area (Å²) in [5.41, 5.74) is 1.34. The fourth-order valence-electron chi connectivity index (χ4n) is 1.18. The molecule has 0 saturated carbocycles. The van der Waals surface area contributed by atoms with Gasteiger partial charge in [0.15, 0.2) is 0 Å². The molecule has 0 aromatic carbocycles. The van der Waals surface area contributed by atoms with Crippen molar-refractivity contribution in [1.29, 1.82) is 0 Å². The van der Waals surface area contributed by atoms with Crippen molar-refractivity contribution in [1.82, 2.24) is 15.5 Å². The zero-order valence-corrected chi connectivity index (χ0v) is 9.45. The van der Waals surface area contributed by atoms with Crippen molar-refractivity contribution in [2.24, 2.45) is 0 Å². The fourth-order valence-corrected chi connectivity index (χ4v) is 1.18. The van der Waals surface area contributed by atoms with Crippen LogP contribution in [0.2, 0.25) is 0 Å².